The highest BCUT2D eigenvalue weighted by atomic mass is 28.4. The minimum absolute atomic E-state index is 0.179. The first-order chi connectivity index (χ1) is 14.1. The van der Waals surface area contributed by atoms with E-state index in [4.69, 9.17) is 9.16 Å². The monoisotopic (exact) mass is 435 g/mol. The van der Waals surface area contributed by atoms with Gasteiger partial charge in [-0.05, 0) is 55.7 Å². The maximum atomic E-state index is 15.1. The van der Waals surface area contributed by atoms with Crippen LogP contribution in [0.5, 0.6) is 11.5 Å². The third kappa shape index (κ3) is 6.37. The van der Waals surface area contributed by atoms with Gasteiger partial charge in [0.25, 0.3) is 0 Å². The smallest absolute Gasteiger partial charge is 0.198 e. The van der Waals surface area contributed by atoms with Crippen LogP contribution in [0.4, 0.5) is 8.78 Å². The van der Waals surface area contributed by atoms with E-state index in [0.29, 0.717) is 30.9 Å². The molecular weight excluding hydrogens is 400 g/mol. The van der Waals surface area contributed by atoms with Crippen LogP contribution in [0.1, 0.15) is 52.1 Å². The van der Waals surface area contributed by atoms with Crippen molar-refractivity contribution in [3.63, 3.8) is 0 Å². The quantitative estimate of drug-likeness (QED) is 0.316. The van der Waals surface area contributed by atoms with Crippen molar-refractivity contribution in [3.8, 4) is 11.5 Å². The number of benzene rings is 2. The zero-order valence-electron chi connectivity index (χ0n) is 19.0. The SMILES string of the molecule is CCC(NCCCO[Si](C)(C)C(C)(C)C)c1ccc(F)c(Oc2ccccc2)c1F. The average Bonchev–Trinajstić information content (AvgIpc) is 2.68. The summed E-state index contributed by atoms with van der Waals surface area (Å²) in [7, 11) is -1.76. The van der Waals surface area contributed by atoms with Gasteiger partial charge >= 0.3 is 0 Å². The van der Waals surface area contributed by atoms with Gasteiger partial charge < -0.3 is 14.5 Å². The van der Waals surface area contributed by atoms with Gasteiger partial charge in [-0.15, -0.1) is 0 Å². The predicted octanol–water partition coefficient (Wildman–Crippen LogP) is 7.21. The Morgan fingerprint density at radius 2 is 1.70 bits per heavy atom. The lowest BCUT2D eigenvalue weighted by Crippen LogP contribution is -2.41. The van der Waals surface area contributed by atoms with Crippen molar-refractivity contribution in [2.75, 3.05) is 13.2 Å². The van der Waals surface area contributed by atoms with Crippen LogP contribution in [-0.2, 0) is 4.43 Å². The maximum Gasteiger partial charge on any atom is 0.198 e. The molecule has 1 unspecified atom stereocenters. The lowest BCUT2D eigenvalue weighted by molar-refractivity contribution is 0.277. The molecule has 0 heterocycles. The van der Waals surface area contributed by atoms with Crippen molar-refractivity contribution in [2.45, 2.75) is 64.7 Å². The first-order valence-electron chi connectivity index (χ1n) is 10.6. The molecule has 0 bridgehead atoms. The number of halogens is 2. The zero-order chi connectivity index (χ0) is 22.4. The van der Waals surface area contributed by atoms with Gasteiger partial charge in [-0.3, -0.25) is 0 Å². The van der Waals surface area contributed by atoms with Crippen molar-refractivity contribution < 1.29 is 17.9 Å². The molecule has 0 aliphatic heterocycles. The summed E-state index contributed by atoms with van der Waals surface area (Å²) >= 11 is 0. The Bertz CT molecular complexity index is 807. The van der Waals surface area contributed by atoms with E-state index >= 15 is 4.39 Å². The Hall–Kier alpha value is -1.76. The summed E-state index contributed by atoms with van der Waals surface area (Å²) in [5.74, 6) is -1.33. The van der Waals surface area contributed by atoms with E-state index in [1.165, 1.54) is 12.1 Å². The van der Waals surface area contributed by atoms with Crippen molar-refractivity contribution in [1.29, 1.82) is 0 Å². The molecule has 0 radical (unpaired) electrons. The number of hydrogen-bond donors (Lipinski definition) is 1. The van der Waals surface area contributed by atoms with Gasteiger partial charge in [0, 0.05) is 18.2 Å². The Labute approximate surface area is 180 Å². The molecule has 2 aromatic rings. The van der Waals surface area contributed by atoms with Crippen LogP contribution in [0.25, 0.3) is 0 Å². The Kier molecular flexibility index (Phi) is 8.59. The van der Waals surface area contributed by atoms with Gasteiger partial charge in [0.15, 0.2) is 25.7 Å². The van der Waals surface area contributed by atoms with Crippen molar-refractivity contribution >= 4 is 8.32 Å². The van der Waals surface area contributed by atoms with E-state index in [1.54, 1.807) is 24.3 Å². The Morgan fingerprint density at radius 3 is 2.30 bits per heavy atom. The second-order valence-corrected chi connectivity index (χ2v) is 13.9. The second-order valence-electron chi connectivity index (χ2n) is 9.07. The molecule has 30 heavy (non-hydrogen) atoms. The molecule has 1 N–H and O–H groups in total. The van der Waals surface area contributed by atoms with Crippen LogP contribution in [0.2, 0.25) is 18.1 Å². The van der Waals surface area contributed by atoms with Crippen molar-refractivity contribution in [3.05, 3.63) is 59.7 Å². The predicted molar refractivity (Wildman–Crippen MR) is 122 cm³/mol. The largest absolute Gasteiger partial charge is 0.451 e. The summed E-state index contributed by atoms with van der Waals surface area (Å²) < 4.78 is 41.0. The second kappa shape index (κ2) is 10.5. The van der Waals surface area contributed by atoms with Gasteiger partial charge in [-0.25, -0.2) is 8.78 Å². The molecule has 0 aromatic heterocycles. The van der Waals surface area contributed by atoms with E-state index in [1.807, 2.05) is 13.0 Å². The first-order valence-corrected chi connectivity index (χ1v) is 13.6. The van der Waals surface area contributed by atoms with E-state index in [0.717, 1.165) is 6.42 Å². The number of hydrogen-bond acceptors (Lipinski definition) is 3. The van der Waals surface area contributed by atoms with Gasteiger partial charge in [0.05, 0.1) is 0 Å². The zero-order valence-corrected chi connectivity index (χ0v) is 20.0. The van der Waals surface area contributed by atoms with Crippen LogP contribution < -0.4 is 10.1 Å². The van der Waals surface area contributed by atoms with Crippen LogP contribution in [0.15, 0.2) is 42.5 Å². The molecule has 0 amide bonds. The third-order valence-corrected chi connectivity index (χ3v) is 10.3. The molecule has 166 valence electrons. The van der Waals surface area contributed by atoms with E-state index in [9.17, 15) is 4.39 Å². The fourth-order valence-electron chi connectivity index (χ4n) is 2.88. The van der Waals surface area contributed by atoms with Crippen LogP contribution >= 0.6 is 0 Å². The Balaban J connectivity index is 2.00. The number of nitrogens with one attached hydrogen (secondary N) is 1. The Morgan fingerprint density at radius 1 is 1.03 bits per heavy atom. The molecular formula is C24H35F2NO2Si. The van der Waals surface area contributed by atoms with Crippen LogP contribution in [-0.4, -0.2) is 21.5 Å². The normalized spacial score (nSPS) is 13.3. The number of para-hydroxylation sites is 1. The maximum absolute atomic E-state index is 15.1. The lowest BCUT2D eigenvalue weighted by Gasteiger charge is -2.36. The van der Waals surface area contributed by atoms with E-state index in [-0.39, 0.29) is 16.8 Å². The molecule has 6 heteroatoms. The summed E-state index contributed by atoms with van der Waals surface area (Å²) in [4.78, 5) is 0. The summed E-state index contributed by atoms with van der Waals surface area (Å²) in [5.41, 5.74) is 0.412. The number of rotatable bonds is 10. The minimum Gasteiger partial charge on any atom is -0.451 e. The minimum atomic E-state index is -1.76. The fraction of sp³-hybridized carbons (Fsp3) is 0.500. The van der Waals surface area contributed by atoms with Gasteiger partial charge in [0.2, 0.25) is 0 Å². The highest BCUT2D eigenvalue weighted by Crippen LogP contribution is 2.36. The molecule has 2 rings (SSSR count). The molecule has 0 aliphatic rings. The molecule has 1 atom stereocenters. The fourth-order valence-corrected chi connectivity index (χ4v) is 3.97. The highest BCUT2D eigenvalue weighted by Gasteiger charge is 2.36. The third-order valence-electron chi connectivity index (χ3n) is 5.81. The summed E-state index contributed by atoms with van der Waals surface area (Å²) in [6.45, 7) is 14.5. The molecule has 0 fully saturated rings. The molecule has 0 saturated carbocycles. The molecule has 0 spiro atoms. The topological polar surface area (TPSA) is 30.5 Å². The summed E-state index contributed by atoms with van der Waals surface area (Å²) in [6.07, 6.45) is 1.51. The van der Waals surface area contributed by atoms with E-state index < -0.39 is 20.0 Å². The van der Waals surface area contributed by atoms with Crippen LogP contribution in [0.3, 0.4) is 0 Å². The average molecular weight is 436 g/mol. The van der Waals surface area contributed by atoms with Crippen molar-refractivity contribution in [2.24, 2.45) is 0 Å². The summed E-state index contributed by atoms with van der Waals surface area (Å²) in [6, 6.07) is 11.2. The summed E-state index contributed by atoms with van der Waals surface area (Å²) in [5, 5.41) is 3.56. The van der Waals surface area contributed by atoms with Crippen LogP contribution in [0, 0.1) is 11.6 Å². The van der Waals surface area contributed by atoms with Crippen molar-refractivity contribution in [1.82, 2.24) is 5.32 Å². The molecule has 2 aromatic carbocycles. The van der Waals surface area contributed by atoms with Gasteiger partial charge in [-0.1, -0.05) is 52.0 Å². The highest BCUT2D eigenvalue weighted by molar-refractivity contribution is 6.74. The molecule has 0 aliphatic carbocycles. The standard InChI is InChI=1S/C24H35F2NO2Si/c1-7-21(27-16-11-17-28-30(5,6)24(2,3)4)19-14-15-20(25)23(22(19)26)29-18-12-9-8-10-13-18/h8-10,12-15,21,27H,7,11,16-17H2,1-6H3. The number of ether oxygens (including phenoxy) is 1. The first kappa shape index (κ1) is 24.5. The van der Waals surface area contributed by atoms with E-state index in [2.05, 4.69) is 39.2 Å². The molecule has 3 nitrogen and oxygen atoms in total. The molecule has 0 saturated heterocycles. The van der Waals surface area contributed by atoms with Gasteiger partial charge in [-0.2, -0.15) is 0 Å². The van der Waals surface area contributed by atoms with Gasteiger partial charge in [0.1, 0.15) is 5.75 Å². The lowest BCUT2D eigenvalue weighted by atomic mass is 10.0.